The number of esters is 1. The maximum atomic E-state index is 12.0. The number of methoxy groups -OCH3 is 1. The molecule has 0 amide bonds. The lowest BCUT2D eigenvalue weighted by Gasteiger charge is -2.15. The van der Waals surface area contributed by atoms with Crippen LogP contribution in [0.3, 0.4) is 0 Å². The number of halogens is 2. The molecule has 142 valence electrons. The molecule has 1 aromatic carbocycles. The van der Waals surface area contributed by atoms with Crippen molar-refractivity contribution in [1.82, 2.24) is 4.98 Å². The first kappa shape index (κ1) is 19.5. The average molecular weight is 410 g/mol. The van der Waals surface area contributed by atoms with Crippen molar-refractivity contribution in [3.05, 3.63) is 57.5 Å². The number of hydrogen-bond acceptors (Lipinski definition) is 6. The minimum absolute atomic E-state index is 0.0322. The highest BCUT2D eigenvalue weighted by atomic mass is 35.5. The van der Waals surface area contributed by atoms with Crippen LogP contribution in [0, 0.1) is 0 Å². The van der Waals surface area contributed by atoms with Gasteiger partial charge in [0.15, 0.2) is 11.3 Å². The summed E-state index contributed by atoms with van der Waals surface area (Å²) in [5.41, 5.74) is 1.48. The van der Waals surface area contributed by atoms with Crippen LogP contribution in [0.4, 0.5) is 0 Å². The number of carbonyl (C=O) groups excluding carboxylic acids is 1. The van der Waals surface area contributed by atoms with Gasteiger partial charge in [0.1, 0.15) is 0 Å². The number of benzene rings is 1. The predicted octanol–water partition coefficient (Wildman–Crippen LogP) is 4.60. The van der Waals surface area contributed by atoms with Crippen molar-refractivity contribution in [2.24, 2.45) is 0 Å². The molecular weight excluding hydrogens is 393 g/mol. The molecule has 0 radical (unpaired) electrons. The number of aliphatic hydroxyl groups excluding tert-OH is 1. The number of aromatic nitrogens is 1. The van der Waals surface area contributed by atoms with Crippen LogP contribution in [-0.2, 0) is 11.2 Å². The van der Waals surface area contributed by atoms with E-state index in [0.29, 0.717) is 37.9 Å². The molecule has 0 saturated heterocycles. The molecule has 3 rings (SSSR count). The minimum atomic E-state index is -0.941. The van der Waals surface area contributed by atoms with Gasteiger partial charge < -0.3 is 19.0 Å². The quantitative estimate of drug-likeness (QED) is 0.599. The Morgan fingerprint density at radius 2 is 2.00 bits per heavy atom. The van der Waals surface area contributed by atoms with Crippen molar-refractivity contribution in [3.8, 4) is 5.75 Å². The van der Waals surface area contributed by atoms with Gasteiger partial charge in [0.2, 0.25) is 5.76 Å². The van der Waals surface area contributed by atoms with Crippen LogP contribution in [0.2, 0.25) is 10.0 Å². The number of nitrogens with zero attached hydrogens (tertiary/aromatic N) is 1. The maximum absolute atomic E-state index is 12.0. The second kappa shape index (κ2) is 8.17. The molecule has 8 heteroatoms. The van der Waals surface area contributed by atoms with Gasteiger partial charge in [-0.15, -0.1) is 0 Å². The van der Waals surface area contributed by atoms with Crippen LogP contribution >= 0.6 is 23.2 Å². The van der Waals surface area contributed by atoms with E-state index >= 15 is 0 Å². The van der Waals surface area contributed by atoms with Crippen LogP contribution in [-0.4, -0.2) is 29.8 Å². The molecule has 0 aliphatic heterocycles. The summed E-state index contributed by atoms with van der Waals surface area (Å²) in [5, 5.41) is 12.1. The first-order chi connectivity index (χ1) is 13.0. The smallest absolute Gasteiger partial charge is 0.374 e. The standard InChI is InChI=1S/C19H17Cl2NO5/c1-3-26-19(24)17-7-11-10(4-5-16(25-2)18(11)27-17)15(23)6-12-13(20)8-22-9-14(12)21/h4-5,7-9,15,23H,3,6H2,1-2H3. The van der Waals surface area contributed by atoms with E-state index in [9.17, 15) is 9.90 Å². The Balaban J connectivity index is 2.04. The van der Waals surface area contributed by atoms with E-state index in [1.807, 2.05) is 0 Å². The van der Waals surface area contributed by atoms with Crippen molar-refractivity contribution >= 4 is 40.1 Å². The number of rotatable bonds is 6. The fraction of sp³-hybridized carbons (Fsp3) is 0.263. The third-order valence-corrected chi connectivity index (χ3v) is 4.74. The van der Waals surface area contributed by atoms with Crippen molar-refractivity contribution in [2.45, 2.75) is 19.4 Å². The Bertz CT molecular complexity index is 965. The fourth-order valence-corrected chi connectivity index (χ4v) is 3.33. The van der Waals surface area contributed by atoms with Gasteiger partial charge in [-0.1, -0.05) is 29.3 Å². The molecule has 1 N–H and O–H groups in total. The highest BCUT2D eigenvalue weighted by Crippen LogP contribution is 2.37. The second-order valence-corrected chi connectivity index (χ2v) is 6.55. The zero-order valence-electron chi connectivity index (χ0n) is 14.7. The minimum Gasteiger partial charge on any atom is -0.493 e. The summed E-state index contributed by atoms with van der Waals surface area (Å²) in [7, 11) is 1.49. The summed E-state index contributed by atoms with van der Waals surface area (Å²) in [6.07, 6.45) is 2.16. The molecule has 0 bridgehead atoms. The molecule has 6 nitrogen and oxygen atoms in total. The molecule has 27 heavy (non-hydrogen) atoms. The molecule has 2 aromatic heterocycles. The SMILES string of the molecule is CCOC(=O)c1cc2c(C(O)Cc3c(Cl)cncc3Cl)ccc(OC)c2o1. The number of fused-ring (bicyclic) bond motifs is 1. The Morgan fingerprint density at radius 1 is 1.30 bits per heavy atom. The van der Waals surface area contributed by atoms with E-state index in [1.54, 1.807) is 19.1 Å². The molecular formula is C19H17Cl2NO5. The summed E-state index contributed by atoms with van der Waals surface area (Å²) in [5.74, 6) is -0.113. The number of ether oxygens (including phenoxy) is 2. The lowest BCUT2D eigenvalue weighted by Crippen LogP contribution is -2.04. The lowest BCUT2D eigenvalue weighted by atomic mass is 9.98. The van der Waals surface area contributed by atoms with Gasteiger partial charge in [-0.3, -0.25) is 4.98 Å². The predicted molar refractivity (Wildman–Crippen MR) is 102 cm³/mol. The Hall–Kier alpha value is -2.28. The average Bonchev–Trinajstić information content (AvgIpc) is 3.09. The topological polar surface area (TPSA) is 81.8 Å². The summed E-state index contributed by atoms with van der Waals surface area (Å²) < 4.78 is 15.9. The molecule has 3 aromatic rings. The highest BCUT2D eigenvalue weighted by Gasteiger charge is 2.22. The normalized spacial score (nSPS) is 12.2. The number of carbonyl (C=O) groups is 1. The van der Waals surface area contributed by atoms with Gasteiger partial charge in [-0.25, -0.2) is 4.79 Å². The van der Waals surface area contributed by atoms with Gasteiger partial charge in [0.05, 0.1) is 29.9 Å². The van der Waals surface area contributed by atoms with E-state index in [4.69, 9.17) is 37.1 Å². The third kappa shape index (κ3) is 3.88. The highest BCUT2D eigenvalue weighted by molar-refractivity contribution is 6.35. The van der Waals surface area contributed by atoms with E-state index in [1.165, 1.54) is 25.6 Å². The van der Waals surface area contributed by atoms with Gasteiger partial charge in [0.25, 0.3) is 0 Å². The molecule has 0 aliphatic carbocycles. The third-order valence-electron chi connectivity index (χ3n) is 4.09. The first-order valence-electron chi connectivity index (χ1n) is 8.19. The zero-order valence-corrected chi connectivity index (χ0v) is 16.2. The van der Waals surface area contributed by atoms with Crippen LogP contribution in [0.1, 0.15) is 34.7 Å². The van der Waals surface area contributed by atoms with Crippen molar-refractivity contribution in [3.63, 3.8) is 0 Å². The fourth-order valence-electron chi connectivity index (χ4n) is 2.81. The van der Waals surface area contributed by atoms with Crippen LogP contribution < -0.4 is 4.74 Å². The number of pyridine rings is 1. The Kier molecular flexibility index (Phi) is 5.89. The Labute approximate surface area is 165 Å². The summed E-state index contributed by atoms with van der Waals surface area (Å²) in [4.78, 5) is 15.9. The number of hydrogen-bond donors (Lipinski definition) is 1. The monoisotopic (exact) mass is 409 g/mol. The van der Waals surface area contributed by atoms with Crippen LogP contribution in [0.25, 0.3) is 11.0 Å². The lowest BCUT2D eigenvalue weighted by molar-refractivity contribution is 0.0492. The second-order valence-electron chi connectivity index (χ2n) is 5.73. The zero-order chi connectivity index (χ0) is 19.6. The molecule has 0 saturated carbocycles. The number of furan rings is 1. The molecule has 1 unspecified atom stereocenters. The van der Waals surface area contributed by atoms with E-state index in [2.05, 4.69) is 4.98 Å². The molecule has 0 fully saturated rings. The molecule has 0 aliphatic rings. The van der Waals surface area contributed by atoms with E-state index < -0.39 is 12.1 Å². The molecule has 0 spiro atoms. The summed E-state index contributed by atoms with van der Waals surface area (Å²) in [6, 6.07) is 4.90. The van der Waals surface area contributed by atoms with E-state index in [-0.39, 0.29) is 18.8 Å². The first-order valence-corrected chi connectivity index (χ1v) is 8.95. The van der Waals surface area contributed by atoms with Gasteiger partial charge in [-0.2, -0.15) is 0 Å². The van der Waals surface area contributed by atoms with Gasteiger partial charge in [-0.05, 0) is 30.2 Å². The Morgan fingerprint density at radius 3 is 2.63 bits per heavy atom. The van der Waals surface area contributed by atoms with Gasteiger partial charge >= 0.3 is 5.97 Å². The molecule has 2 heterocycles. The van der Waals surface area contributed by atoms with Crippen molar-refractivity contribution in [1.29, 1.82) is 0 Å². The van der Waals surface area contributed by atoms with Crippen LogP contribution in [0.5, 0.6) is 5.75 Å². The van der Waals surface area contributed by atoms with Crippen molar-refractivity contribution in [2.75, 3.05) is 13.7 Å². The van der Waals surface area contributed by atoms with Crippen LogP contribution in [0.15, 0.2) is 35.0 Å². The largest absolute Gasteiger partial charge is 0.493 e. The molecule has 1 atom stereocenters. The summed E-state index contributed by atoms with van der Waals surface area (Å²) in [6.45, 7) is 1.93. The van der Waals surface area contributed by atoms with Gasteiger partial charge in [0, 0.05) is 24.2 Å². The van der Waals surface area contributed by atoms with E-state index in [0.717, 1.165) is 0 Å². The summed E-state index contributed by atoms with van der Waals surface area (Å²) >= 11 is 12.3. The number of aliphatic hydroxyl groups is 1. The van der Waals surface area contributed by atoms with Crippen molar-refractivity contribution < 1.29 is 23.8 Å². The maximum Gasteiger partial charge on any atom is 0.374 e.